The molecule has 0 fully saturated rings. The standard InChI is InChI=1S/C8H11IO/c1-2-3-4-5-8(9)6-7-10/h1,6,10H,3-5,7H2/b8-6-. The van der Waals surface area contributed by atoms with Crippen LogP contribution in [0.25, 0.3) is 0 Å². The number of terminal acetylenes is 1. The van der Waals surface area contributed by atoms with Crippen molar-refractivity contribution < 1.29 is 5.11 Å². The molecule has 0 saturated carbocycles. The molecule has 2 heteroatoms. The Hall–Kier alpha value is -0.0100. The second-order valence-electron chi connectivity index (χ2n) is 1.89. The summed E-state index contributed by atoms with van der Waals surface area (Å²) in [4.78, 5) is 0. The minimum atomic E-state index is 0.133. The Morgan fingerprint density at radius 2 is 2.40 bits per heavy atom. The van der Waals surface area contributed by atoms with Gasteiger partial charge in [0.15, 0.2) is 0 Å². The molecule has 0 aromatic heterocycles. The normalized spacial score (nSPS) is 11.1. The Bertz CT molecular complexity index is 144. The molecular formula is C8H11IO. The molecule has 0 aromatic rings. The van der Waals surface area contributed by atoms with Crippen molar-refractivity contribution in [3.05, 3.63) is 9.66 Å². The van der Waals surface area contributed by atoms with Crippen molar-refractivity contribution in [3.8, 4) is 12.3 Å². The third-order valence-electron chi connectivity index (χ3n) is 1.05. The summed E-state index contributed by atoms with van der Waals surface area (Å²) in [6.45, 7) is 0.133. The van der Waals surface area contributed by atoms with Crippen LogP contribution in [0.2, 0.25) is 0 Å². The van der Waals surface area contributed by atoms with E-state index in [0.29, 0.717) is 0 Å². The molecule has 0 rings (SSSR count). The van der Waals surface area contributed by atoms with Crippen LogP contribution in [0, 0.1) is 12.3 Å². The largest absolute Gasteiger partial charge is 0.392 e. The lowest BCUT2D eigenvalue weighted by Crippen LogP contribution is -1.78. The van der Waals surface area contributed by atoms with Crippen LogP contribution in [0.15, 0.2) is 9.66 Å². The van der Waals surface area contributed by atoms with E-state index in [1.165, 1.54) is 3.58 Å². The average Bonchev–Trinajstić information content (AvgIpc) is 1.89. The lowest BCUT2D eigenvalue weighted by atomic mass is 10.2. The fraction of sp³-hybridized carbons (Fsp3) is 0.500. The summed E-state index contributed by atoms with van der Waals surface area (Å²) in [6.07, 6.45) is 9.71. The minimum absolute atomic E-state index is 0.133. The lowest BCUT2D eigenvalue weighted by Gasteiger charge is -1.93. The number of aliphatic hydroxyl groups excluding tert-OH is 1. The Morgan fingerprint density at radius 3 is 2.90 bits per heavy atom. The average molecular weight is 250 g/mol. The van der Waals surface area contributed by atoms with Gasteiger partial charge in [-0.1, -0.05) is 0 Å². The zero-order chi connectivity index (χ0) is 7.82. The predicted octanol–water partition coefficient (Wildman–Crippen LogP) is 2.10. The summed E-state index contributed by atoms with van der Waals surface area (Å²) in [5.74, 6) is 2.57. The Balaban J connectivity index is 3.32. The van der Waals surface area contributed by atoms with Gasteiger partial charge in [-0.25, -0.2) is 0 Å². The number of halogens is 1. The summed E-state index contributed by atoms with van der Waals surface area (Å²) in [5, 5.41) is 8.47. The minimum Gasteiger partial charge on any atom is -0.392 e. The number of allylic oxidation sites excluding steroid dienone is 1. The van der Waals surface area contributed by atoms with Crippen LogP contribution in [0.3, 0.4) is 0 Å². The van der Waals surface area contributed by atoms with E-state index in [9.17, 15) is 0 Å². The van der Waals surface area contributed by atoms with Gasteiger partial charge in [-0.2, -0.15) is 0 Å². The van der Waals surface area contributed by atoms with Crippen LogP contribution in [0.4, 0.5) is 0 Å². The highest BCUT2D eigenvalue weighted by molar-refractivity contribution is 14.1. The van der Waals surface area contributed by atoms with E-state index >= 15 is 0 Å². The molecule has 0 amide bonds. The SMILES string of the molecule is C#CCCC/C(I)=C/CO. The molecule has 0 heterocycles. The quantitative estimate of drug-likeness (QED) is 0.460. The maximum absolute atomic E-state index is 8.47. The van der Waals surface area contributed by atoms with E-state index in [0.717, 1.165) is 19.3 Å². The van der Waals surface area contributed by atoms with E-state index in [1.54, 1.807) is 6.08 Å². The van der Waals surface area contributed by atoms with Gasteiger partial charge in [-0.15, -0.1) is 12.3 Å². The summed E-state index contributed by atoms with van der Waals surface area (Å²) in [6, 6.07) is 0. The smallest absolute Gasteiger partial charge is 0.0622 e. The van der Waals surface area contributed by atoms with Crippen LogP contribution < -0.4 is 0 Å². The molecule has 0 aliphatic carbocycles. The first kappa shape index (κ1) is 9.99. The second kappa shape index (κ2) is 7.10. The van der Waals surface area contributed by atoms with Crippen molar-refractivity contribution in [3.63, 3.8) is 0 Å². The summed E-state index contributed by atoms with van der Waals surface area (Å²) < 4.78 is 1.19. The predicted molar refractivity (Wildman–Crippen MR) is 51.9 cm³/mol. The Kier molecular flexibility index (Phi) is 7.09. The van der Waals surface area contributed by atoms with E-state index in [4.69, 9.17) is 11.5 Å². The first-order valence-corrected chi connectivity index (χ1v) is 4.28. The molecule has 1 N–H and O–H groups in total. The molecule has 0 radical (unpaired) electrons. The van der Waals surface area contributed by atoms with Gasteiger partial charge in [0.2, 0.25) is 0 Å². The molecule has 0 bridgehead atoms. The van der Waals surface area contributed by atoms with Crippen molar-refractivity contribution in [2.45, 2.75) is 19.3 Å². The monoisotopic (exact) mass is 250 g/mol. The number of hydrogen-bond acceptors (Lipinski definition) is 1. The van der Waals surface area contributed by atoms with Gasteiger partial charge in [0.05, 0.1) is 6.61 Å². The number of rotatable bonds is 4. The fourth-order valence-electron chi connectivity index (χ4n) is 0.560. The number of unbranched alkanes of at least 4 members (excludes halogenated alkanes) is 1. The fourth-order valence-corrected chi connectivity index (χ4v) is 1.14. The molecule has 0 aliphatic heterocycles. The van der Waals surface area contributed by atoms with Crippen LogP contribution in [0.5, 0.6) is 0 Å². The van der Waals surface area contributed by atoms with Gasteiger partial charge in [-0.05, 0) is 45.1 Å². The molecule has 56 valence electrons. The van der Waals surface area contributed by atoms with Gasteiger partial charge in [0.25, 0.3) is 0 Å². The highest BCUT2D eigenvalue weighted by atomic mass is 127. The van der Waals surface area contributed by atoms with Gasteiger partial charge in [0, 0.05) is 6.42 Å². The molecule has 0 atom stereocenters. The van der Waals surface area contributed by atoms with Crippen LogP contribution >= 0.6 is 22.6 Å². The molecule has 0 saturated heterocycles. The third-order valence-corrected chi connectivity index (χ3v) is 2.03. The second-order valence-corrected chi connectivity index (χ2v) is 3.28. The summed E-state index contributed by atoms with van der Waals surface area (Å²) in [5.41, 5.74) is 0. The topological polar surface area (TPSA) is 20.2 Å². The van der Waals surface area contributed by atoms with Crippen molar-refractivity contribution >= 4 is 22.6 Å². The Labute approximate surface area is 75.7 Å². The summed E-state index contributed by atoms with van der Waals surface area (Å²) in [7, 11) is 0. The zero-order valence-electron chi connectivity index (χ0n) is 5.81. The lowest BCUT2D eigenvalue weighted by molar-refractivity contribution is 0.342. The van der Waals surface area contributed by atoms with Crippen molar-refractivity contribution in [2.75, 3.05) is 6.61 Å². The van der Waals surface area contributed by atoms with Crippen molar-refractivity contribution in [2.24, 2.45) is 0 Å². The van der Waals surface area contributed by atoms with E-state index in [-0.39, 0.29) is 6.61 Å². The summed E-state index contributed by atoms with van der Waals surface area (Å²) >= 11 is 2.21. The maximum atomic E-state index is 8.47. The van der Waals surface area contributed by atoms with E-state index < -0.39 is 0 Å². The molecule has 0 aliphatic rings. The van der Waals surface area contributed by atoms with Gasteiger partial charge in [-0.3, -0.25) is 0 Å². The third kappa shape index (κ3) is 6.12. The van der Waals surface area contributed by atoms with Crippen LogP contribution in [-0.2, 0) is 0 Å². The number of hydrogen-bond donors (Lipinski definition) is 1. The molecule has 0 spiro atoms. The maximum Gasteiger partial charge on any atom is 0.0622 e. The molecule has 0 unspecified atom stereocenters. The van der Waals surface area contributed by atoms with Crippen LogP contribution in [0.1, 0.15) is 19.3 Å². The van der Waals surface area contributed by atoms with Gasteiger partial charge >= 0.3 is 0 Å². The highest BCUT2D eigenvalue weighted by Gasteiger charge is 1.89. The number of aliphatic hydroxyl groups is 1. The molecule has 0 aromatic carbocycles. The molecule has 10 heavy (non-hydrogen) atoms. The van der Waals surface area contributed by atoms with Crippen molar-refractivity contribution in [1.29, 1.82) is 0 Å². The molecular weight excluding hydrogens is 239 g/mol. The van der Waals surface area contributed by atoms with E-state index in [2.05, 4.69) is 28.5 Å². The molecule has 1 nitrogen and oxygen atoms in total. The highest BCUT2D eigenvalue weighted by Crippen LogP contribution is 2.13. The van der Waals surface area contributed by atoms with Gasteiger partial charge in [0.1, 0.15) is 0 Å². The van der Waals surface area contributed by atoms with Crippen molar-refractivity contribution in [1.82, 2.24) is 0 Å². The van der Waals surface area contributed by atoms with Crippen LogP contribution in [-0.4, -0.2) is 11.7 Å². The Morgan fingerprint density at radius 1 is 1.70 bits per heavy atom. The first-order valence-electron chi connectivity index (χ1n) is 3.20. The first-order chi connectivity index (χ1) is 4.81. The zero-order valence-corrected chi connectivity index (χ0v) is 7.97. The van der Waals surface area contributed by atoms with E-state index in [1.807, 2.05) is 0 Å². The van der Waals surface area contributed by atoms with Gasteiger partial charge < -0.3 is 5.11 Å².